The number of furan rings is 1. The molecule has 1 N–H and O–H groups in total. The van der Waals surface area contributed by atoms with Gasteiger partial charge in [-0.15, -0.1) is 0 Å². The minimum absolute atomic E-state index is 0.120. The largest absolute Gasteiger partial charge is 0.464 e. The average molecular weight is 504 g/mol. The number of alkyl halides is 1. The first kappa shape index (κ1) is 19.6. The highest BCUT2D eigenvalue weighted by Gasteiger charge is 2.31. The Hall–Kier alpha value is -1.34. The van der Waals surface area contributed by atoms with Gasteiger partial charge in [-0.1, -0.05) is 46.9 Å². The van der Waals surface area contributed by atoms with Crippen LogP contribution in [0.2, 0.25) is 0 Å². The zero-order chi connectivity index (χ0) is 19.8. The highest BCUT2D eigenvalue weighted by Crippen LogP contribution is 2.25. The smallest absolute Gasteiger partial charge is 0.221 e. The summed E-state index contributed by atoms with van der Waals surface area (Å²) in [6, 6.07) is 0.120. The van der Waals surface area contributed by atoms with Gasteiger partial charge < -0.3 is 9.73 Å². The lowest BCUT2D eigenvalue weighted by molar-refractivity contribution is -0.119. The second-order valence-corrected chi connectivity index (χ2v) is 10.6. The Kier molecular flexibility index (Phi) is 5.69. The summed E-state index contributed by atoms with van der Waals surface area (Å²) in [5.41, 5.74) is 3.76. The number of likely N-dealkylation sites (tertiary alicyclic amines) is 1. The van der Waals surface area contributed by atoms with E-state index in [1.807, 2.05) is 6.26 Å². The number of carbonyl (C=O) groups excluding carboxylic acids is 1. The number of rotatable bonds is 5. The first-order valence-corrected chi connectivity index (χ1v) is 12.2. The maximum atomic E-state index is 11.7. The number of halogens is 1. The summed E-state index contributed by atoms with van der Waals surface area (Å²) < 4.78 is 6.48. The van der Waals surface area contributed by atoms with Gasteiger partial charge in [-0.2, -0.15) is 0 Å². The topological polar surface area (TPSA) is 45.5 Å². The van der Waals surface area contributed by atoms with Crippen molar-refractivity contribution in [2.45, 2.75) is 48.5 Å². The Morgan fingerprint density at radius 1 is 1.21 bits per heavy atom. The maximum absolute atomic E-state index is 11.7. The van der Waals surface area contributed by atoms with Crippen LogP contribution in [0.3, 0.4) is 0 Å². The highest BCUT2D eigenvalue weighted by atomic mass is 127. The molecular weight excluding hydrogens is 475 g/mol. The van der Waals surface area contributed by atoms with Crippen molar-refractivity contribution in [2.75, 3.05) is 19.6 Å². The van der Waals surface area contributed by atoms with Gasteiger partial charge in [-0.25, -0.2) is 0 Å². The molecule has 154 valence electrons. The predicted octanol–water partition coefficient (Wildman–Crippen LogP) is 2.69. The van der Waals surface area contributed by atoms with E-state index in [1.54, 1.807) is 0 Å². The number of allylic oxidation sites excluding steroid dienone is 2. The van der Waals surface area contributed by atoms with Crippen LogP contribution in [0.15, 0.2) is 34.5 Å². The maximum Gasteiger partial charge on any atom is 0.221 e. The molecule has 0 spiro atoms. The van der Waals surface area contributed by atoms with Gasteiger partial charge in [-0.3, -0.25) is 9.69 Å². The summed E-state index contributed by atoms with van der Waals surface area (Å²) >= 11 is 2.53. The van der Waals surface area contributed by atoms with E-state index in [9.17, 15) is 4.79 Å². The molecule has 0 aromatic carbocycles. The van der Waals surface area contributed by atoms with E-state index in [0.717, 1.165) is 24.3 Å². The molecule has 1 amide bonds. The van der Waals surface area contributed by atoms with Crippen molar-refractivity contribution in [2.24, 2.45) is 11.8 Å². The Labute approximate surface area is 185 Å². The molecule has 4 nitrogen and oxygen atoms in total. The number of amides is 1. The summed E-state index contributed by atoms with van der Waals surface area (Å²) in [4.78, 5) is 14.3. The standard InChI is InChI=1S/C24H29IN2O2/c25-20-3-1-2-17(10-20)14-27-8-6-16(7-9-27)4-5-18-15-29-23-13-22-19(11-21(18)23)12-24(28)26-22/h1-2,10-11,13,15-16,19-20,22H,3-9,12,14H2,(H,26,28). The molecule has 1 aromatic heterocycles. The first-order valence-electron chi connectivity index (χ1n) is 11.0. The van der Waals surface area contributed by atoms with Crippen LogP contribution in [0.25, 0.3) is 12.2 Å². The summed E-state index contributed by atoms with van der Waals surface area (Å²) in [7, 11) is 0. The molecule has 0 saturated carbocycles. The lowest BCUT2D eigenvalue weighted by atomic mass is 9.89. The SMILES string of the molecule is O=C1CC2C=c3c(CCC4CCN(CC5=CC(I)CC=C5)CC4)coc3=CC2N1. The van der Waals surface area contributed by atoms with Crippen LogP contribution >= 0.6 is 22.6 Å². The molecule has 2 saturated heterocycles. The molecule has 0 bridgehead atoms. The molecular formula is C24H29IN2O2. The van der Waals surface area contributed by atoms with Crippen LogP contribution in [0.1, 0.15) is 37.7 Å². The molecule has 0 radical (unpaired) electrons. The van der Waals surface area contributed by atoms with Crippen LogP contribution in [0, 0.1) is 11.8 Å². The number of hydrogen-bond acceptors (Lipinski definition) is 3. The molecule has 3 atom stereocenters. The Morgan fingerprint density at radius 3 is 2.90 bits per heavy atom. The zero-order valence-corrected chi connectivity index (χ0v) is 18.9. The summed E-state index contributed by atoms with van der Waals surface area (Å²) in [5.74, 6) is 1.25. The monoisotopic (exact) mass is 504 g/mol. The second-order valence-electron chi connectivity index (χ2n) is 8.99. The zero-order valence-electron chi connectivity index (χ0n) is 16.8. The Balaban J connectivity index is 1.15. The van der Waals surface area contributed by atoms with E-state index in [0.29, 0.717) is 16.3 Å². The molecule has 5 heteroatoms. The van der Waals surface area contributed by atoms with Gasteiger partial charge in [0.05, 0.1) is 12.3 Å². The number of fused-ring (bicyclic) bond motifs is 2. The number of hydrogen-bond donors (Lipinski definition) is 1. The highest BCUT2D eigenvalue weighted by molar-refractivity contribution is 14.1. The van der Waals surface area contributed by atoms with E-state index in [4.69, 9.17) is 4.42 Å². The van der Waals surface area contributed by atoms with Gasteiger partial charge >= 0.3 is 0 Å². The molecule has 2 fully saturated rings. The van der Waals surface area contributed by atoms with Gasteiger partial charge in [0.15, 0.2) is 0 Å². The number of nitrogens with zero attached hydrogens (tertiary/aromatic N) is 1. The molecule has 3 heterocycles. The average Bonchev–Trinajstić information content (AvgIpc) is 3.27. The number of piperidine rings is 1. The van der Waals surface area contributed by atoms with E-state index in [1.165, 1.54) is 55.1 Å². The number of nitrogens with one attached hydrogen (secondary N) is 1. The van der Waals surface area contributed by atoms with Gasteiger partial charge in [0, 0.05) is 28.0 Å². The van der Waals surface area contributed by atoms with Crippen LogP contribution in [-0.4, -0.2) is 40.4 Å². The quantitative estimate of drug-likeness (QED) is 0.496. The van der Waals surface area contributed by atoms with Crippen molar-refractivity contribution < 1.29 is 9.21 Å². The summed E-state index contributed by atoms with van der Waals surface area (Å²) in [6.45, 7) is 3.53. The van der Waals surface area contributed by atoms with E-state index in [2.05, 4.69) is 63.2 Å². The van der Waals surface area contributed by atoms with Gasteiger partial charge in [0.25, 0.3) is 0 Å². The Morgan fingerprint density at radius 2 is 2.07 bits per heavy atom. The molecule has 2 aliphatic heterocycles. The van der Waals surface area contributed by atoms with Gasteiger partial charge in [0.2, 0.25) is 5.91 Å². The van der Waals surface area contributed by atoms with Crippen LogP contribution in [0.5, 0.6) is 0 Å². The third-order valence-electron chi connectivity index (χ3n) is 6.88. The van der Waals surface area contributed by atoms with Crippen molar-refractivity contribution in [3.63, 3.8) is 0 Å². The van der Waals surface area contributed by atoms with Gasteiger partial charge in [-0.05, 0) is 68.3 Å². The molecule has 1 aromatic rings. The number of carbonyl (C=O) groups is 1. The molecule has 5 rings (SSSR count). The third-order valence-corrected chi connectivity index (χ3v) is 7.75. The first-order chi connectivity index (χ1) is 14.1. The predicted molar refractivity (Wildman–Crippen MR) is 124 cm³/mol. The van der Waals surface area contributed by atoms with Crippen molar-refractivity contribution in [3.8, 4) is 0 Å². The van der Waals surface area contributed by atoms with E-state index in [-0.39, 0.29) is 11.9 Å². The molecule has 2 aliphatic carbocycles. The van der Waals surface area contributed by atoms with Crippen LogP contribution in [-0.2, 0) is 11.2 Å². The molecule has 29 heavy (non-hydrogen) atoms. The van der Waals surface area contributed by atoms with Crippen LogP contribution < -0.4 is 16.0 Å². The second kappa shape index (κ2) is 8.42. The van der Waals surface area contributed by atoms with Gasteiger partial charge in [0.1, 0.15) is 5.42 Å². The summed E-state index contributed by atoms with van der Waals surface area (Å²) in [6.07, 6.45) is 20.1. The fourth-order valence-corrected chi connectivity index (χ4v) is 5.95. The number of aryl methyl sites for hydroxylation is 1. The minimum Gasteiger partial charge on any atom is -0.464 e. The molecule has 3 unspecified atom stereocenters. The van der Waals surface area contributed by atoms with E-state index >= 15 is 0 Å². The minimum atomic E-state index is 0.120. The fraction of sp³-hybridized carbons (Fsp3) is 0.542. The van der Waals surface area contributed by atoms with Crippen molar-refractivity contribution in [3.05, 3.63) is 46.3 Å². The summed E-state index contributed by atoms with van der Waals surface area (Å²) in [5, 5.41) is 4.27. The van der Waals surface area contributed by atoms with Crippen molar-refractivity contribution >= 4 is 40.7 Å². The lowest BCUT2D eigenvalue weighted by Gasteiger charge is -2.32. The van der Waals surface area contributed by atoms with Crippen molar-refractivity contribution in [1.82, 2.24) is 10.2 Å². The van der Waals surface area contributed by atoms with Crippen molar-refractivity contribution in [1.29, 1.82) is 0 Å². The van der Waals surface area contributed by atoms with Crippen LogP contribution in [0.4, 0.5) is 0 Å². The normalized spacial score (nSPS) is 29.5. The lowest BCUT2D eigenvalue weighted by Crippen LogP contribution is -2.37. The third kappa shape index (κ3) is 4.41. The molecule has 4 aliphatic rings. The fourth-order valence-electron chi connectivity index (χ4n) is 5.19. The van der Waals surface area contributed by atoms with E-state index < -0.39 is 0 Å². The Bertz CT molecular complexity index is 952.